The molecule has 1 aliphatic heterocycles. The van der Waals surface area contributed by atoms with Gasteiger partial charge in [-0.05, 0) is 11.1 Å². The molecule has 0 radical (unpaired) electrons. The van der Waals surface area contributed by atoms with Crippen molar-refractivity contribution >= 4 is 0 Å². The Morgan fingerprint density at radius 3 is 2.17 bits per heavy atom. The molecule has 3 unspecified atom stereocenters. The van der Waals surface area contributed by atoms with Crippen molar-refractivity contribution in [2.45, 2.75) is 38.1 Å². The third kappa shape index (κ3) is 4.89. The molecule has 2 aromatic carbocycles. The van der Waals surface area contributed by atoms with Crippen LogP contribution in [0.3, 0.4) is 0 Å². The molecule has 0 spiro atoms. The van der Waals surface area contributed by atoms with Crippen LogP contribution in [0.25, 0.3) is 0 Å². The molecule has 0 N–H and O–H groups in total. The first-order valence-electron chi connectivity index (χ1n) is 8.30. The quantitative estimate of drug-likeness (QED) is 0.742. The van der Waals surface area contributed by atoms with Crippen LogP contribution in [-0.4, -0.2) is 32.2 Å². The van der Waals surface area contributed by atoms with Crippen molar-refractivity contribution in [2.24, 2.45) is 0 Å². The van der Waals surface area contributed by atoms with E-state index in [1.54, 1.807) is 7.11 Å². The summed E-state index contributed by atoms with van der Waals surface area (Å²) in [5.41, 5.74) is 2.31. The Bertz CT molecular complexity index is 587. The molecule has 3 rings (SSSR count). The normalized spacial score (nSPS) is 23.5. The highest BCUT2D eigenvalue weighted by atomic mass is 16.7. The Balaban J connectivity index is 1.49. The zero-order chi connectivity index (χ0) is 16.6. The van der Waals surface area contributed by atoms with Gasteiger partial charge >= 0.3 is 0 Å². The van der Waals surface area contributed by atoms with E-state index in [1.165, 1.54) is 0 Å². The Kier molecular flexibility index (Phi) is 6.38. The van der Waals surface area contributed by atoms with E-state index in [0.717, 1.165) is 17.5 Å². The van der Waals surface area contributed by atoms with E-state index in [0.29, 0.717) is 19.8 Å². The lowest BCUT2D eigenvalue weighted by atomic mass is 10.2. The van der Waals surface area contributed by atoms with Gasteiger partial charge in [0.15, 0.2) is 6.29 Å². The molecule has 1 aliphatic rings. The van der Waals surface area contributed by atoms with E-state index in [2.05, 4.69) is 24.3 Å². The maximum atomic E-state index is 6.05. The highest BCUT2D eigenvalue weighted by Gasteiger charge is 2.36. The van der Waals surface area contributed by atoms with Gasteiger partial charge in [-0.2, -0.15) is 0 Å². The van der Waals surface area contributed by atoms with Crippen LogP contribution >= 0.6 is 0 Å². The fraction of sp³-hybridized carbons (Fsp3) is 0.400. The lowest BCUT2D eigenvalue weighted by molar-refractivity contribution is -0.137. The van der Waals surface area contributed by atoms with E-state index in [4.69, 9.17) is 18.9 Å². The Morgan fingerprint density at radius 1 is 0.917 bits per heavy atom. The van der Waals surface area contributed by atoms with Gasteiger partial charge < -0.3 is 18.9 Å². The molecule has 1 saturated heterocycles. The Morgan fingerprint density at radius 2 is 1.54 bits per heavy atom. The molecule has 0 aromatic heterocycles. The first-order valence-corrected chi connectivity index (χ1v) is 8.30. The van der Waals surface area contributed by atoms with Gasteiger partial charge in [0.2, 0.25) is 0 Å². The summed E-state index contributed by atoms with van der Waals surface area (Å²) >= 11 is 0. The van der Waals surface area contributed by atoms with E-state index >= 15 is 0 Å². The molecule has 128 valence electrons. The van der Waals surface area contributed by atoms with Gasteiger partial charge in [0.1, 0.15) is 6.10 Å². The smallest absolute Gasteiger partial charge is 0.160 e. The van der Waals surface area contributed by atoms with E-state index in [-0.39, 0.29) is 18.5 Å². The summed E-state index contributed by atoms with van der Waals surface area (Å²) in [4.78, 5) is 0. The number of rotatable bonds is 8. The monoisotopic (exact) mass is 328 g/mol. The molecular weight excluding hydrogens is 304 g/mol. The highest BCUT2D eigenvalue weighted by molar-refractivity contribution is 5.14. The standard InChI is InChI=1S/C20H24O4/c1-21-20-12-18(23-14-17-10-6-3-7-11-17)19(24-20)15-22-13-16-8-4-2-5-9-16/h2-11,18-20H,12-15H2,1H3. The topological polar surface area (TPSA) is 36.9 Å². The molecule has 0 aliphatic carbocycles. The minimum Gasteiger partial charge on any atom is -0.374 e. The molecule has 3 atom stereocenters. The van der Waals surface area contributed by atoms with E-state index in [9.17, 15) is 0 Å². The molecular formula is C20H24O4. The molecule has 1 fully saturated rings. The summed E-state index contributed by atoms with van der Waals surface area (Å²) in [5, 5.41) is 0. The largest absolute Gasteiger partial charge is 0.374 e. The number of ether oxygens (including phenoxy) is 4. The van der Waals surface area contributed by atoms with Crippen LogP contribution in [0.5, 0.6) is 0 Å². The molecule has 24 heavy (non-hydrogen) atoms. The summed E-state index contributed by atoms with van der Waals surface area (Å²) < 4.78 is 23.1. The van der Waals surface area contributed by atoms with Crippen LogP contribution in [0.2, 0.25) is 0 Å². The first-order chi connectivity index (χ1) is 11.8. The average Bonchev–Trinajstić information content (AvgIpc) is 3.04. The van der Waals surface area contributed by atoms with Crippen molar-refractivity contribution in [2.75, 3.05) is 13.7 Å². The first kappa shape index (κ1) is 17.1. The number of methoxy groups -OCH3 is 1. The maximum Gasteiger partial charge on any atom is 0.160 e. The molecule has 4 heteroatoms. The van der Waals surface area contributed by atoms with E-state index < -0.39 is 0 Å². The van der Waals surface area contributed by atoms with Crippen molar-refractivity contribution in [1.82, 2.24) is 0 Å². The Hall–Kier alpha value is -1.72. The van der Waals surface area contributed by atoms with E-state index in [1.807, 2.05) is 36.4 Å². The van der Waals surface area contributed by atoms with Crippen molar-refractivity contribution in [3.8, 4) is 0 Å². The van der Waals surface area contributed by atoms with Crippen LogP contribution in [0.1, 0.15) is 17.5 Å². The number of hydrogen-bond donors (Lipinski definition) is 0. The SMILES string of the molecule is COC1CC(OCc2ccccc2)C(COCc2ccccc2)O1. The van der Waals surface area contributed by atoms with Gasteiger partial charge in [0.25, 0.3) is 0 Å². The predicted molar refractivity (Wildman–Crippen MR) is 91.4 cm³/mol. The molecule has 0 saturated carbocycles. The number of benzene rings is 2. The van der Waals surface area contributed by atoms with Crippen LogP contribution in [0, 0.1) is 0 Å². The van der Waals surface area contributed by atoms with Crippen molar-refractivity contribution in [3.63, 3.8) is 0 Å². The van der Waals surface area contributed by atoms with Crippen LogP contribution < -0.4 is 0 Å². The predicted octanol–water partition coefficient (Wildman–Crippen LogP) is 3.55. The van der Waals surface area contributed by atoms with Crippen molar-refractivity contribution in [1.29, 1.82) is 0 Å². The molecule has 0 bridgehead atoms. The molecule has 1 heterocycles. The molecule has 0 amide bonds. The van der Waals surface area contributed by atoms with Crippen molar-refractivity contribution < 1.29 is 18.9 Å². The van der Waals surface area contributed by atoms with Crippen LogP contribution in [0.4, 0.5) is 0 Å². The second kappa shape index (κ2) is 8.94. The average molecular weight is 328 g/mol. The maximum absolute atomic E-state index is 6.05. The summed E-state index contributed by atoms with van der Waals surface area (Å²) in [6, 6.07) is 20.3. The minimum atomic E-state index is -0.226. The zero-order valence-electron chi connectivity index (χ0n) is 14.0. The van der Waals surface area contributed by atoms with Gasteiger partial charge in [-0.3, -0.25) is 0 Å². The second-order valence-electron chi connectivity index (χ2n) is 5.91. The van der Waals surface area contributed by atoms with Gasteiger partial charge in [0, 0.05) is 13.5 Å². The lowest BCUT2D eigenvalue weighted by Gasteiger charge is -2.19. The second-order valence-corrected chi connectivity index (χ2v) is 5.91. The summed E-state index contributed by atoms with van der Waals surface area (Å²) in [5.74, 6) is 0. The third-order valence-corrected chi connectivity index (χ3v) is 4.13. The zero-order valence-corrected chi connectivity index (χ0v) is 14.0. The fourth-order valence-electron chi connectivity index (χ4n) is 2.80. The highest BCUT2D eigenvalue weighted by Crippen LogP contribution is 2.25. The molecule has 2 aromatic rings. The summed E-state index contributed by atoms with van der Waals surface area (Å²) in [6.07, 6.45) is 0.368. The number of hydrogen-bond acceptors (Lipinski definition) is 4. The van der Waals surface area contributed by atoms with Gasteiger partial charge in [-0.25, -0.2) is 0 Å². The molecule has 4 nitrogen and oxygen atoms in total. The van der Waals surface area contributed by atoms with Crippen LogP contribution in [0.15, 0.2) is 60.7 Å². The van der Waals surface area contributed by atoms with Gasteiger partial charge in [0.05, 0.1) is 25.9 Å². The van der Waals surface area contributed by atoms with Gasteiger partial charge in [-0.15, -0.1) is 0 Å². The fourth-order valence-corrected chi connectivity index (χ4v) is 2.80. The van der Waals surface area contributed by atoms with Gasteiger partial charge in [-0.1, -0.05) is 60.7 Å². The lowest BCUT2D eigenvalue weighted by Crippen LogP contribution is -2.29. The van der Waals surface area contributed by atoms with Crippen molar-refractivity contribution in [3.05, 3.63) is 71.8 Å². The summed E-state index contributed by atoms with van der Waals surface area (Å²) in [7, 11) is 1.66. The minimum absolute atomic E-state index is 0.0223. The van der Waals surface area contributed by atoms with Crippen LogP contribution in [-0.2, 0) is 32.2 Å². The third-order valence-electron chi connectivity index (χ3n) is 4.13. The summed E-state index contributed by atoms with van der Waals surface area (Å²) in [6.45, 7) is 1.64. The Labute approximate surface area is 143 Å².